The maximum Gasteiger partial charge on any atom is 0.126 e. The van der Waals surface area contributed by atoms with Crippen LogP contribution in [0.2, 0.25) is 0 Å². The van der Waals surface area contributed by atoms with E-state index >= 15 is 0 Å². The van der Waals surface area contributed by atoms with Crippen molar-refractivity contribution in [3.8, 4) is 5.75 Å². The van der Waals surface area contributed by atoms with Gasteiger partial charge in [0.1, 0.15) is 5.75 Å². The van der Waals surface area contributed by atoms with E-state index in [0.717, 1.165) is 28.8 Å². The van der Waals surface area contributed by atoms with Crippen molar-refractivity contribution in [2.75, 3.05) is 6.61 Å². The smallest absolute Gasteiger partial charge is 0.126 e. The number of hydrogen-bond donors (Lipinski definition) is 0. The second kappa shape index (κ2) is 11.0. The lowest BCUT2D eigenvalue weighted by molar-refractivity contribution is 0.303. The molecule has 2 heteroatoms. The predicted octanol–water partition coefficient (Wildman–Crippen LogP) is 6.61. The number of ether oxygens (including phenoxy) is 1. The molecule has 1 aromatic rings. The zero-order chi connectivity index (χ0) is 14.6. The van der Waals surface area contributed by atoms with Gasteiger partial charge in [0, 0.05) is 10.0 Å². The Morgan fingerprint density at radius 2 is 1.75 bits per heavy atom. The van der Waals surface area contributed by atoms with Crippen molar-refractivity contribution in [2.45, 2.75) is 58.8 Å². The van der Waals surface area contributed by atoms with Gasteiger partial charge in [0.05, 0.1) is 6.61 Å². The van der Waals surface area contributed by atoms with E-state index in [1.54, 1.807) is 0 Å². The van der Waals surface area contributed by atoms with Gasteiger partial charge in [0.2, 0.25) is 0 Å². The van der Waals surface area contributed by atoms with Crippen LogP contribution >= 0.6 is 15.9 Å². The van der Waals surface area contributed by atoms with E-state index in [1.807, 2.05) is 25.1 Å². The summed E-state index contributed by atoms with van der Waals surface area (Å²) >= 11 is 3.50. The molecule has 0 unspecified atom stereocenters. The first-order chi connectivity index (χ1) is 9.77. The van der Waals surface area contributed by atoms with Crippen LogP contribution in [0.5, 0.6) is 5.75 Å². The Hall–Kier alpha value is -0.760. The van der Waals surface area contributed by atoms with Crippen LogP contribution in [-0.2, 0) is 0 Å². The third-order valence-corrected chi connectivity index (χ3v) is 3.82. The van der Waals surface area contributed by atoms with Gasteiger partial charge >= 0.3 is 0 Å². The van der Waals surface area contributed by atoms with Crippen LogP contribution in [0, 0.1) is 0 Å². The molecule has 0 fully saturated rings. The van der Waals surface area contributed by atoms with Gasteiger partial charge in [-0.05, 0) is 31.5 Å². The summed E-state index contributed by atoms with van der Waals surface area (Å²) in [6.07, 6.45) is 13.4. The summed E-state index contributed by atoms with van der Waals surface area (Å²) in [5, 5.41) is 0. The van der Waals surface area contributed by atoms with Crippen molar-refractivity contribution in [1.82, 2.24) is 0 Å². The second-order valence-electron chi connectivity index (χ2n) is 5.15. The molecule has 112 valence electrons. The molecule has 0 saturated heterocycles. The Bertz CT molecular complexity index is 398. The van der Waals surface area contributed by atoms with Crippen LogP contribution in [-0.4, -0.2) is 6.61 Å². The first kappa shape index (κ1) is 17.3. The summed E-state index contributed by atoms with van der Waals surface area (Å²) in [7, 11) is 0. The standard InChI is InChI=1S/C18H27BrO/c1-3-5-6-7-8-9-10-14-20-18-13-12-17(19)15-16(18)11-4-2/h4,11-13,15H,3,5-10,14H2,1-2H3/b11-4-. The highest BCUT2D eigenvalue weighted by Crippen LogP contribution is 2.24. The molecule has 0 spiro atoms. The van der Waals surface area contributed by atoms with Crippen molar-refractivity contribution in [2.24, 2.45) is 0 Å². The molecule has 0 aliphatic heterocycles. The minimum atomic E-state index is 0.819. The summed E-state index contributed by atoms with van der Waals surface area (Å²) < 4.78 is 6.99. The molecule has 0 aliphatic rings. The lowest BCUT2D eigenvalue weighted by atomic mass is 10.1. The van der Waals surface area contributed by atoms with Crippen LogP contribution in [0.4, 0.5) is 0 Å². The van der Waals surface area contributed by atoms with Crippen LogP contribution < -0.4 is 4.74 Å². The monoisotopic (exact) mass is 338 g/mol. The fraction of sp³-hybridized carbons (Fsp3) is 0.556. The van der Waals surface area contributed by atoms with E-state index in [2.05, 4.69) is 35.0 Å². The Morgan fingerprint density at radius 1 is 1.05 bits per heavy atom. The largest absolute Gasteiger partial charge is 0.493 e. The highest BCUT2D eigenvalue weighted by molar-refractivity contribution is 9.10. The molecule has 0 saturated carbocycles. The molecule has 1 nitrogen and oxygen atoms in total. The second-order valence-corrected chi connectivity index (χ2v) is 6.07. The lowest BCUT2D eigenvalue weighted by Gasteiger charge is -2.09. The lowest BCUT2D eigenvalue weighted by Crippen LogP contribution is -1.99. The summed E-state index contributed by atoms with van der Waals surface area (Å²) in [6, 6.07) is 6.17. The molecular weight excluding hydrogens is 312 g/mol. The Balaban J connectivity index is 2.25. The number of allylic oxidation sites excluding steroid dienone is 1. The van der Waals surface area contributed by atoms with E-state index in [0.29, 0.717) is 0 Å². The van der Waals surface area contributed by atoms with Crippen molar-refractivity contribution in [1.29, 1.82) is 0 Å². The first-order valence-electron chi connectivity index (χ1n) is 7.83. The number of unbranched alkanes of at least 4 members (excludes halogenated alkanes) is 6. The highest BCUT2D eigenvalue weighted by Gasteiger charge is 2.01. The van der Waals surface area contributed by atoms with Gasteiger partial charge in [-0.1, -0.05) is 73.5 Å². The van der Waals surface area contributed by atoms with Gasteiger partial charge in [0.15, 0.2) is 0 Å². The molecule has 0 aromatic heterocycles. The Kier molecular flexibility index (Phi) is 9.48. The van der Waals surface area contributed by atoms with Gasteiger partial charge in [0.25, 0.3) is 0 Å². The molecule has 0 radical (unpaired) electrons. The van der Waals surface area contributed by atoms with Crippen LogP contribution in [0.25, 0.3) is 6.08 Å². The molecule has 1 aromatic carbocycles. The summed E-state index contributed by atoms with van der Waals surface area (Å²) in [5.74, 6) is 0.984. The molecule has 0 bridgehead atoms. The van der Waals surface area contributed by atoms with Crippen molar-refractivity contribution >= 4 is 22.0 Å². The normalized spacial score (nSPS) is 11.2. The summed E-state index contributed by atoms with van der Waals surface area (Å²) in [4.78, 5) is 0. The molecule has 1 rings (SSSR count). The Morgan fingerprint density at radius 3 is 2.45 bits per heavy atom. The fourth-order valence-electron chi connectivity index (χ4n) is 2.20. The maximum absolute atomic E-state index is 5.90. The number of rotatable bonds is 10. The van der Waals surface area contributed by atoms with Crippen molar-refractivity contribution in [3.05, 3.63) is 34.3 Å². The molecule has 0 N–H and O–H groups in total. The van der Waals surface area contributed by atoms with Gasteiger partial charge in [-0.15, -0.1) is 0 Å². The van der Waals surface area contributed by atoms with E-state index in [9.17, 15) is 0 Å². The van der Waals surface area contributed by atoms with Crippen molar-refractivity contribution < 1.29 is 4.74 Å². The van der Waals surface area contributed by atoms with E-state index < -0.39 is 0 Å². The quantitative estimate of drug-likeness (QED) is 0.436. The van der Waals surface area contributed by atoms with E-state index in [4.69, 9.17) is 4.74 Å². The molecule has 0 aliphatic carbocycles. The van der Waals surface area contributed by atoms with Crippen LogP contribution in [0.15, 0.2) is 28.7 Å². The number of hydrogen-bond acceptors (Lipinski definition) is 1. The van der Waals surface area contributed by atoms with Gasteiger partial charge < -0.3 is 4.74 Å². The van der Waals surface area contributed by atoms with E-state index in [1.165, 1.54) is 38.5 Å². The molecule has 0 amide bonds. The third kappa shape index (κ3) is 7.14. The number of benzene rings is 1. The average molecular weight is 339 g/mol. The minimum Gasteiger partial charge on any atom is -0.493 e. The Labute approximate surface area is 132 Å². The predicted molar refractivity (Wildman–Crippen MR) is 92.3 cm³/mol. The van der Waals surface area contributed by atoms with Gasteiger partial charge in [-0.25, -0.2) is 0 Å². The topological polar surface area (TPSA) is 9.23 Å². The minimum absolute atomic E-state index is 0.819. The molecule has 20 heavy (non-hydrogen) atoms. The average Bonchev–Trinajstić information content (AvgIpc) is 2.44. The number of halogens is 1. The summed E-state index contributed by atoms with van der Waals surface area (Å²) in [6.45, 7) is 5.11. The van der Waals surface area contributed by atoms with E-state index in [-0.39, 0.29) is 0 Å². The first-order valence-corrected chi connectivity index (χ1v) is 8.62. The molecular formula is C18H27BrO. The van der Waals surface area contributed by atoms with Crippen molar-refractivity contribution in [3.63, 3.8) is 0 Å². The maximum atomic E-state index is 5.90. The zero-order valence-electron chi connectivity index (χ0n) is 12.8. The van der Waals surface area contributed by atoms with Gasteiger partial charge in [-0.3, -0.25) is 0 Å². The van der Waals surface area contributed by atoms with Crippen LogP contribution in [0.1, 0.15) is 64.4 Å². The van der Waals surface area contributed by atoms with Gasteiger partial charge in [-0.2, -0.15) is 0 Å². The highest BCUT2D eigenvalue weighted by atomic mass is 79.9. The fourth-order valence-corrected chi connectivity index (χ4v) is 2.58. The van der Waals surface area contributed by atoms with Crippen LogP contribution in [0.3, 0.4) is 0 Å². The SMILES string of the molecule is C/C=C\c1cc(Br)ccc1OCCCCCCCCC. The zero-order valence-corrected chi connectivity index (χ0v) is 14.4. The molecule has 0 atom stereocenters. The third-order valence-electron chi connectivity index (χ3n) is 3.32. The summed E-state index contributed by atoms with van der Waals surface area (Å²) in [5.41, 5.74) is 1.14. The molecule has 0 heterocycles.